The number of benzene rings is 1. The largest absolute Gasteiger partial charge is 0.508 e. The fourth-order valence-corrected chi connectivity index (χ4v) is 3.28. The van der Waals surface area contributed by atoms with E-state index in [0.29, 0.717) is 10.6 Å². The second-order valence-electron chi connectivity index (χ2n) is 4.77. The molecule has 1 nitrogen and oxygen atoms in total. The highest BCUT2D eigenvalue weighted by Gasteiger charge is 2.22. The maximum atomic E-state index is 9.20. The van der Waals surface area contributed by atoms with Crippen LogP contribution in [0.5, 0.6) is 5.75 Å². The molecule has 2 heteroatoms. The lowest BCUT2D eigenvalue weighted by atomic mass is 9.98. The Morgan fingerprint density at radius 3 is 2.44 bits per heavy atom. The van der Waals surface area contributed by atoms with Gasteiger partial charge in [-0.3, -0.25) is 0 Å². The molecule has 0 amide bonds. The van der Waals surface area contributed by atoms with Gasteiger partial charge in [-0.1, -0.05) is 40.9 Å². The molecule has 1 N–H and O–H groups in total. The van der Waals surface area contributed by atoms with E-state index in [1.165, 1.54) is 37.7 Å². The Morgan fingerprint density at radius 2 is 1.81 bits per heavy atom. The van der Waals surface area contributed by atoms with Crippen molar-refractivity contribution in [2.24, 2.45) is 5.92 Å². The SMILES string of the molecule is Oc1ccc(CCC(Br)C2CCCC2)cc1. The number of phenols is 1. The van der Waals surface area contributed by atoms with Gasteiger partial charge < -0.3 is 5.11 Å². The van der Waals surface area contributed by atoms with Crippen molar-refractivity contribution in [3.63, 3.8) is 0 Å². The van der Waals surface area contributed by atoms with Crippen molar-refractivity contribution in [1.82, 2.24) is 0 Å². The van der Waals surface area contributed by atoms with Gasteiger partial charge in [0.15, 0.2) is 0 Å². The summed E-state index contributed by atoms with van der Waals surface area (Å²) in [5.74, 6) is 1.24. The number of hydrogen-bond acceptors (Lipinski definition) is 1. The Hall–Kier alpha value is -0.500. The van der Waals surface area contributed by atoms with E-state index in [4.69, 9.17) is 0 Å². The number of hydrogen-bond donors (Lipinski definition) is 1. The van der Waals surface area contributed by atoms with Gasteiger partial charge in [0.1, 0.15) is 5.75 Å². The van der Waals surface area contributed by atoms with Crippen LogP contribution in [-0.2, 0) is 6.42 Å². The van der Waals surface area contributed by atoms with Crippen molar-refractivity contribution < 1.29 is 5.11 Å². The summed E-state index contributed by atoms with van der Waals surface area (Å²) in [7, 11) is 0. The zero-order chi connectivity index (χ0) is 11.4. The fourth-order valence-electron chi connectivity index (χ4n) is 2.52. The minimum Gasteiger partial charge on any atom is -0.508 e. The van der Waals surface area contributed by atoms with Crippen LogP contribution < -0.4 is 0 Å². The van der Waals surface area contributed by atoms with Crippen LogP contribution >= 0.6 is 15.9 Å². The molecule has 0 saturated heterocycles. The summed E-state index contributed by atoms with van der Waals surface area (Å²) in [5, 5.41) is 9.20. The van der Waals surface area contributed by atoms with Crippen molar-refractivity contribution in [1.29, 1.82) is 0 Å². The Kier molecular flexibility index (Phi) is 4.28. The molecule has 1 atom stereocenters. The summed E-state index contributed by atoms with van der Waals surface area (Å²) in [4.78, 5) is 0.670. The quantitative estimate of drug-likeness (QED) is 0.818. The molecule has 1 aromatic carbocycles. The average Bonchev–Trinajstić information content (AvgIpc) is 2.81. The average molecular weight is 283 g/mol. The van der Waals surface area contributed by atoms with E-state index in [-0.39, 0.29) is 0 Å². The minimum absolute atomic E-state index is 0.356. The first kappa shape index (κ1) is 12.0. The normalized spacial score (nSPS) is 18.8. The van der Waals surface area contributed by atoms with Crippen LogP contribution in [0.2, 0.25) is 0 Å². The number of aromatic hydroxyl groups is 1. The maximum absolute atomic E-state index is 9.20. The Bertz CT molecular complexity index is 314. The van der Waals surface area contributed by atoms with Gasteiger partial charge in [0.2, 0.25) is 0 Å². The smallest absolute Gasteiger partial charge is 0.115 e. The topological polar surface area (TPSA) is 20.2 Å². The van der Waals surface area contributed by atoms with Gasteiger partial charge >= 0.3 is 0 Å². The Balaban J connectivity index is 1.80. The van der Waals surface area contributed by atoms with Gasteiger partial charge in [-0.05, 0) is 49.3 Å². The van der Waals surface area contributed by atoms with Crippen molar-refractivity contribution in [3.8, 4) is 5.75 Å². The molecule has 1 aliphatic carbocycles. The highest BCUT2D eigenvalue weighted by Crippen LogP contribution is 2.33. The monoisotopic (exact) mass is 282 g/mol. The number of halogens is 1. The van der Waals surface area contributed by atoms with E-state index in [0.717, 1.165) is 12.3 Å². The molecular weight excluding hydrogens is 264 g/mol. The molecule has 0 heterocycles. The second-order valence-corrected chi connectivity index (χ2v) is 5.94. The molecule has 0 aromatic heterocycles. The van der Waals surface area contributed by atoms with Crippen LogP contribution in [0.15, 0.2) is 24.3 Å². The van der Waals surface area contributed by atoms with Gasteiger partial charge in [-0.15, -0.1) is 0 Å². The lowest BCUT2D eigenvalue weighted by molar-refractivity contribution is 0.474. The summed E-state index contributed by atoms with van der Waals surface area (Å²) < 4.78 is 0. The number of phenolic OH excluding ortho intramolecular Hbond substituents is 1. The Morgan fingerprint density at radius 1 is 1.19 bits per heavy atom. The third-order valence-electron chi connectivity index (χ3n) is 3.56. The van der Waals surface area contributed by atoms with E-state index in [1.807, 2.05) is 12.1 Å². The lowest BCUT2D eigenvalue weighted by Gasteiger charge is -2.16. The predicted molar refractivity (Wildman–Crippen MR) is 71.1 cm³/mol. The number of alkyl halides is 1. The molecule has 1 saturated carbocycles. The summed E-state index contributed by atoms with van der Waals surface area (Å²) >= 11 is 3.83. The predicted octanol–water partition coefficient (Wildman–Crippen LogP) is 4.28. The minimum atomic E-state index is 0.356. The van der Waals surface area contributed by atoms with Crippen LogP contribution in [0.1, 0.15) is 37.7 Å². The first-order valence-corrected chi connectivity index (χ1v) is 7.09. The molecule has 0 spiro atoms. The van der Waals surface area contributed by atoms with Crippen LogP contribution in [0.3, 0.4) is 0 Å². The molecule has 0 bridgehead atoms. The summed E-state index contributed by atoms with van der Waals surface area (Å²) in [6.07, 6.45) is 7.91. The van der Waals surface area contributed by atoms with Crippen LogP contribution in [-0.4, -0.2) is 9.93 Å². The van der Waals surface area contributed by atoms with E-state index >= 15 is 0 Å². The molecule has 1 fully saturated rings. The standard InChI is InChI=1S/C14H19BrO/c15-14(12-3-1-2-4-12)10-7-11-5-8-13(16)9-6-11/h5-6,8-9,12,14,16H,1-4,7,10H2. The zero-order valence-corrected chi connectivity index (χ0v) is 11.1. The van der Waals surface area contributed by atoms with Gasteiger partial charge in [-0.2, -0.15) is 0 Å². The number of aryl methyl sites for hydroxylation is 1. The summed E-state index contributed by atoms with van der Waals surface area (Å²) in [6, 6.07) is 7.58. The molecule has 0 aliphatic heterocycles. The Labute approximate surface area is 106 Å². The molecule has 1 aliphatic rings. The van der Waals surface area contributed by atoms with E-state index < -0.39 is 0 Å². The third-order valence-corrected chi connectivity index (χ3v) is 4.76. The molecule has 0 radical (unpaired) electrons. The summed E-state index contributed by atoms with van der Waals surface area (Å²) in [6.45, 7) is 0. The van der Waals surface area contributed by atoms with Crippen molar-refractivity contribution in [3.05, 3.63) is 29.8 Å². The summed E-state index contributed by atoms with van der Waals surface area (Å²) in [5.41, 5.74) is 1.32. The van der Waals surface area contributed by atoms with Crippen molar-refractivity contribution in [2.75, 3.05) is 0 Å². The fraction of sp³-hybridized carbons (Fsp3) is 0.571. The van der Waals surface area contributed by atoms with Crippen molar-refractivity contribution >= 4 is 15.9 Å². The zero-order valence-electron chi connectivity index (χ0n) is 9.53. The first-order valence-electron chi connectivity index (χ1n) is 6.17. The van der Waals surface area contributed by atoms with E-state index in [1.54, 1.807) is 12.1 Å². The van der Waals surface area contributed by atoms with Gasteiger partial charge in [0, 0.05) is 4.83 Å². The molecule has 88 valence electrons. The molecular formula is C14H19BrO. The number of rotatable bonds is 4. The van der Waals surface area contributed by atoms with E-state index in [2.05, 4.69) is 15.9 Å². The van der Waals surface area contributed by atoms with Gasteiger partial charge in [0.25, 0.3) is 0 Å². The van der Waals surface area contributed by atoms with Gasteiger partial charge in [0.05, 0.1) is 0 Å². The van der Waals surface area contributed by atoms with Gasteiger partial charge in [-0.25, -0.2) is 0 Å². The van der Waals surface area contributed by atoms with Crippen LogP contribution in [0.4, 0.5) is 0 Å². The van der Waals surface area contributed by atoms with E-state index in [9.17, 15) is 5.11 Å². The highest BCUT2D eigenvalue weighted by atomic mass is 79.9. The molecule has 1 aromatic rings. The van der Waals surface area contributed by atoms with Crippen LogP contribution in [0.25, 0.3) is 0 Å². The second kappa shape index (κ2) is 5.72. The third kappa shape index (κ3) is 3.24. The lowest BCUT2D eigenvalue weighted by Crippen LogP contribution is -2.11. The highest BCUT2D eigenvalue weighted by molar-refractivity contribution is 9.09. The molecule has 16 heavy (non-hydrogen) atoms. The van der Waals surface area contributed by atoms with Crippen molar-refractivity contribution in [2.45, 2.75) is 43.4 Å². The first-order chi connectivity index (χ1) is 7.75. The molecule has 2 rings (SSSR count). The molecule has 1 unspecified atom stereocenters. The maximum Gasteiger partial charge on any atom is 0.115 e. The van der Waals surface area contributed by atoms with Crippen LogP contribution in [0, 0.1) is 5.92 Å².